The van der Waals surface area contributed by atoms with Crippen molar-refractivity contribution in [3.05, 3.63) is 70.6 Å². The van der Waals surface area contributed by atoms with Crippen LogP contribution in [0.5, 0.6) is 0 Å². The van der Waals surface area contributed by atoms with Crippen molar-refractivity contribution >= 4 is 28.2 Å². The Labute approximate surface area is 176 Å². The normalized spacial score (nSPS) is 24.6. The molecule has 1 amide bonds. The minimum atomic E-state index is -0.944. The maximum absolute atomic E-state index is 13.5. The predicted molar refractivity (Wildman–Crippen MR) is 110 cm³/mol. The lowest BCUT2D eigenvalue weighted by atomic mass is 9.54. The molecule has 6 rings (SSSR count). The molecule has 4 nitrogen and oxygen atoms in total. The van der Waals surface area contributed by atoms with Gasteiger partial charge in [-0.1, -0.05) is 31.2 Å². The highest BCUT2D eigenvalue weighted by Gasteiger charge is 2.54. The summed E-state index contributed by atoms with van der Waals surface area (Å²) in [5.41, 5.74) is 2.30. The van der Waals surface area contributed by atoms with Gasteiger partial charge < -0.3 is 5.32 Å². The van der Waals surface area contributed by atoms with E-state index in [1.165, 1.54) is 17.4 Å². The second kappa shape index (κ2) is 6.80. The topological polar surface area (TPSA) is 59.1 Å². The average Bonchev–Trinajstić information content (AvgIpc) is 3.20. The zero-order valence-electron chi connectivity index (χ0n) is 16.1. The summed E-state index contributed by atoms with van der Waals surface area (Å²) in [5, 5.41) is 4.97. The first kappa shape index (κ1) is 19.1. The molecule has 30 heavy (non-hydrogen) atoms. The maximum atomic E-state index is 13.5. The Morgan fingerprint density at radius 3 is 2.70 bits per heavy atom. The first-order chi connectivity index (χ1) is 14.4. The number of rotatable bonds is 3. The second-order valence-corrected chi connectivity index (χ2v) is 9.01. The lowest BCUT2D eigenvalue weighted by Gasteiger charge is -2.48. The van der Waals surface area contributed by atoms with Crippen LogP contribution in [-0.2, 0) is 9.59 Å². The molecule has 1 fully saturated rings. The Hall–Kier alpha value is -2.93. The molecule has 3 aromatic rings. The van der Waals surface area contributed by atoms with Gasteiger partial charge in [0.25, 0.3) is 0 Å². The molecule has 1 saturated carbocycles. The first-order valence-corrected chi connectivity index (χ1v) is 10.6. The van der Waals surface area contributed by atoms with Gasteiger partial charge >= 0.3 is 0 Å². The van der Waals surface area contributed by atoms with Crippen molar-refractivity contribution in [2.24, 2.45) is 5.41 Å². The van der Waals surface area contributed by atoms with Crippen molar-refractivity contribution in [3.63, 3.8) is 0 Å². The number of anilines is 1. The van der Waals surface area contributed by atoms with Crippen molar-refractivity contribution in [1.29, 1.82) is 0 Å². The van der Waals surface area contributed by atoms with Gasteiger partial charge in [-0.2, -0.15) is 0 Å². The summed E-state index contributed by atoms with van der Waals surface area (Å²) < 4.78 is 26.7. The maximum Gasteiger partial charge on any atom is 0.232 e. The predicted octanol–water partition coefficient (Wildman–Crippen LogP) is 5.28. The number of aromatic nitrogens is 1. The molecule has 3 unspecified atom stereocenters. The summed E-state index contributed by atoms with van der Waals surface area (Å²) in [5.74, 6) is -2.27. The van der Waals surface area contributed by atoms with Gasteiger partial charge in [0.1, 0.15) is 5.78 Å². The third kappa shape index (κ3) is 2.88. The Morgan fingerprint density at radius 1 is 1.17 bits per heavy atom. The second-order valence-electron chi connectivity index (χ2n) is 8.15. The molecular formula is C23H18F2N2O2S. The molecule has 2 aromatic carbocycles. The van der Waals surface area contributed by atoms with Gasteiger partial charge in [0.05, 0.1) is 11.1 Å². The van der Waals surface area contributed by atoms with E-state index in [0.717, 1.165) is 23.3 Å². The number of thiazole rings is 1. The van der Waals surface area contributed by atoms with Gasteiger partial charge in [0.15, 0.2) is 16.8 Å². The number of Topliss-reactive ketones (excluding diaryl/α,β-unsaturated/α-hetero) is 1. The van der Waals surface area contributed by atoms with E-state index in [1.54, 1.807) is 5.38 Å². The van der Waals surface area contributed by atoms with E-state index in [-0.39, 0.29) is 23.5 Å². The van der Waals surface area contributed by atoms with Gasteiger partial charge in [0, 0.05) is 29.2 Å². The van der Waals surface area contributed by atoms with Gasteiger partial charge in [-0.15, -0.1) is 11.3 Å². The van der Waals surface area contributed by atoms with E-state index in [2.05, 4.69) is 10.3 Å². The summed E-state index contributed by atoms with van der Waals surface area (Å²) in [6.45, 7) is 1.91. The molecular weight excluding hydrogens is 406 g/mol. The van der Waals surface area contributed by atoms with E-state index in [4.69, 9.17) is 0 Å². The van der Waals surface area contributed by atoms with Crippen LogP contribution in [0.25, 0.3) is 11.3 Å². The fraction of sp³-hybridized carbons (Fsp3) is 0.261. The quantitative estimate of drug-likeness (QED) is 0.623. The molecule has 2 bridgehead atoms. The molecule has 0 spiro atoms. The van der Waals surface area contributed by atoms with E-state index < -0.39 is 17.0 Å². The minimum Gasteiger partial charge on any atom is -0.301 e. The lowest BCUT2D eigenvalue weighted by Crippen LogP contribution is -2.49. The summed E-state index contributed by atoms with van der Waals surface area (Å²) in [6, 6.07) is 11.4. The highest BCUT2D eigenvalue weighted by Crippen LogP contribution is 2.57. The van der Waals surface area contributed by atoms with Crippen LogP contribution in [0.2, 0.25) is 0 Å². The molecule has 3 aliphatic rings. The van der Waals surface area contributed by atoms with Crippen LogP contribution in [0.3, 0.4) is 0 Å². The van der Waals surface area contributed by atoms with Crippen LogP contribution < -0.4 is 5.32 Å². The molecule has 3 aliphatic carbocycles. The average molecular weight is 424 g/mol. The number of nitrogens with one attached hydrogen (secondary N) is 1. The summed E-state index contributed by atoms with van der Waals surface area (Å²) in [6.07, 6.45) is 0.838. The largest absolute Gasteiger partial charge is 0.301 e. The van der Waals surface area contributed by atoms with Crippen LogP contribution in [0.1, 0.15) is 42.7 Å². The summed E-state index contributed by atoms with van der Waals surface area (Å²) in [4.78, 5) is 30.1. The smallest absolute Gasteiger partial charge is 0.232 e. The molecule has 1 aromatic heterocycles. The molecule has 0 radical (unpaired) electrons. The Kier molecular flexibility index (Phi) is 4.32. The number of halogens is 2. The number of nitrogens with zero attached hydrogens (tertiary/aromatic N) is 1. The number of amides is 1. The molecule has 3 atom stereocenters. The van der Waals surface area contributed by atoms with Gasteiger partial charge in [-0.3, -0.25) is 9.59 Å². The van der Waals surface area contributed by atoms with E-state index in [9.17, 15) is 18.4 Å². The molecule has 7 heteroatoms. The highest BCUT2D eigenvalue weighted by atomic mass is 32.1. The van der Waals surface area contributed by atoms with E-state index in [1.807, 2.05) is 31.2 Å². The third-order valence-corrected chi connectivity index (χ3v) is 7.15. The zero-order chi connectivity index (χ0) is 21.0. The molecule has 1 heterocycles. The van der Waals surface area contributed by atoms with Crippen molar-refractivity contribution in [3.8, 4) is 11.3 Å². The monoisotopic (exact) mass is 424 g/mol. The van der Waals surface area contributed by atoms with E-state index >= 15 is 0 Å². The van der Waals surface area contributed by atoms with Crippen LogP contribution in [-0.4, -0.2) is 16.7 Å². The first-order valence-electron chi connectivity index (χ1n) is 9.71. The van der Waals surface area contributed by atoms with Crippen LogP contribution in [0, 0.1) is 17.0 Å². The van der Waals surface area contributed by atoms with Crippen molar-refractivity contribution < 1.29 is 18.4 Å². The number of fused-ring (bicyclic) bond motifs is 2. The Morgan fingerprint density at radius 2 is 1.93 bits per heavy atom. The number of ketones is 1. The third-order valence-electron chi connectivity index (χ3n) is 6.40. The fourth-order valence-electron chi connectivity index (χ4n) is 4.74. The SMILES string of the molecule is CC1(C(=O)Nc2nc(-c3ccc(F)c(F)c3)cs2)CC2C(=O)CC1c1ccccc12. The van der Waals surface area contributed by atoms with Crippen LogP contribution >= 0.6 is 11.3 Å². The summed E-state index contributed by atoms with van der Waals surface area (Å²) >= 11 is 1.23. The Bertz CT molecular complexity index is 1190. The molecule has 152 valence electrons. The molecule has 0 saturated heterocycles. The fourth-order valence-corrected chi connectivity index (χ4v) is 5.46. The van der Waals surface area contributed by atoms with Crippen LogP contribution in [0.4, 0.5) is 13.9 Å². The number of benzene rings is 2. The van der Waals surface area contributed by atoms with Crippen molar-refractivity contribution in [2.45, 2.75) is 31.6 Å². The number of carbonyl (C=O) groups is 2. The van der Waals surface area contributed by atoms with Crippen LogP contribution in [0.15, 0.2) is 47.8 Å². The minimum absolute atomic E-state index is 0.170. The number of hydrogen-bond acceptors (Lipinski definition) is 4. The number of carbonyl (C=O) groups excluding carboxylic acids is 2. The molecule has 1 N–H and O–H groups in total. The highest BCUT2D eigenvalue weighted by molar-refractivity contribution is 7.14. The molecule has 0 aliphatic heterocycles. The van der Waals surface area contributed by atoms with Gasteiger partial charge in [-0.25, -0.2) is 13.8 Å². The van der Waals surface area contributed by atoms with Crippen molar-refractivity contribution in [2.75, 3.05) is 5.32 Å². The van der Waals surface area contributed by atoms with Gasteiger partial charge in [-0.05, 0) is 35.7 Å². The van der Waals surface area contributed by atoms with Gasteiger partial charge in [0.2, 0.25) is 5.91 Å². The lowest BCUT2D eigenvalue weighted by molar-refractivity contribution is -0.134. The zero-order valence-corrected chi connectivity index (χ0v) is 16.9. The number of hydrogen-bond donors (Lipinski definition) is 1. The van der Waals surface area contributed by atoms with Crippen molar-refractivity contribution in [1.82, 2.24) is 4.98 Å². The standard InChI is InChI=1S/C23H18F2N2O2S/c1-23(10-15-13-4-2-3-5-14(13)16(23)9-20(15)28)21(29)27-22-26-19(11-30-22)12-6-7-17(24)18(25)8-12/h2-8,11,15-16H,9-10H2,1H3,(H,26,27,29). The van der Waals surface area contributed by atoms with E-state index in [0.29, 0.717) is 29.2 Å². The Balaban J connectivity index is 1.41. The summed E-state index contributed by atoms with van der Waals surface area (Å²) in [7, 11) is 0.